The molecule has 0 fully saturated rings. The zero-order valence-electron chi connectivity index (χ0n) is 11.4. The maximum absolute atomic E-state index is 11.2. The summed E-state index contributed by atoms with van der Waals surface area (Å²) in [5.74, 6) is -0.877. The van der Waals surface area contributed by atoms with Gasteiger partial charge in [-0.05, 0) is 48.6 Å². The van der Waals surface area contributed by atoms with Crippen LogP contribution < -0.4 is 5.32 Å². The second-order valence-corrected chi connectivity index (χ2v) is 5.22. The van der Waals surface area contributed by atoms with E-state index in [2.05, 4.69) is 29.6 Å². The number of aromatic carboxylic acids is 1. The average Bonchev–Trinajstić information content (AvgIpc) is 2.84. The van der Waals surface area contributed by atoms with Crippen molar-refractivity contribution in [3.8, 4) is 0 Å². The van der Waals surface area contributed by atoms with Crippen LogP contribution in [0.1, 0.15) is 39.5 Å². The number of anilines is 1. The Morgan fingerprint density at radius 3 is 2.80 bits per heavy atom. The third-order valence-corrected chi connectivity index (χ3v) is 4.03. The highest BCUT2D eigenvalue weighted by molar-refractivity contribution is 5.91. The first kappa shape index (κ1) is 12.7. The van der Waals surface area contributed by atoms with Gasteiger partial charge in [0.25, 0.3) is 0 Å². The molecule has 1 aliphatic carbocycles. The van der Waals surface area contributed by atoms with Gasteiger partial charge in [-0.3, -0.25) is 0 Å². The third kappa shape index (κ3) is 2.16. The number of aryl methyl sites for hydroxylation is 1. The van der Waals surface area contributed by atoms with Gasteiger partial charge in [0.15, 0.2) is 0 Å². The van der Waals surface area contributed by atoms with Crippen LogP contribution in [0.5, 0.6) is 0 Å². The molecule has 0 aromatic heterocycles. The second-order valence-electron chi connectivity index (χ2n) is 5.22. The number of rotatable bonds is 3. The second kappa shape index (κ2) is 5.00. The van der Waals surface area contributed by atoms with Crippen molar-refractivity contribution >= 4 is 11.7 Å². The van der Waals surface area contributed by atoms with E-state index in [-0.39, 0.29) is 6.04 Å². The lowest BCUT2D eigenvalue weighted by Crippen LogP contribution is -2.10. The van der Waals surface area contributed by atoms with Gasteiger partial charge < -0.3 is 10.4 Å². The Hall–Kier alpha value is -2.29. The van der Waals surface area contributed by atoms with E-state index in [1.54, 1.807) is 12.1 Å². The van der Waals surface area contributed by atoms with Gasteiger partial charge in [-0.15, -0.1) is 0 Å². The first-order valence-corrected chi connectivity index (χ1v) is 6.84. The quantitative estimate of drug-likeness (QED) is 0.889. The minimum Gasteiger partial charge on any atom is -0.478 e. The summed E-state index contributed by atoms with van der Waals surface area (Å²) in [6, 6.07) is 14.1. The van der Waals surface area contributed by atoms with Crippen LogP contribution in [0, 0.1) is 6.92 Å². The highest BCUT2D eigenvalue weighted by Gasteiger charge is 2.22. The Kier molecular flexibility index (Phi) is 3.18. The molecule has 0 heterocycles. The van der Waals surface area contributed by atoms with E-state index in [0.717, 1.165) is 24.1 Å². The van der Waals surface area contributed by atoms with E-state index in [1.807, 2.05) is 13.0 Å². The predicted octanol–water partition coefficient (Wildman–Crippen LogP) is 3.79. The largest absolute Gasteiger partial charge is 0.478 e. The van der Waals surface area contributed by atoms with Crippen LogP contribution >= 0.6 is 0 Å². The number of carbonyl (C=O) groups is 1. The number of carboxylic acids is 1. The summed E-state index contributed by atoms with van der Waals surface area (Å²) < 4.78 is 0. The zero-order chi connectivity index (χ0) is 14.1. The van der Waals surface area contributed by atoms with Crippen molar-refractivity contribution in [1.29, 1.82) is 0 Å². The lowest BCUT2D eigenvalue weighted by Gasteiger charge is -2.18. The van der Waals surface area contributed by atoms with Crippen LogP contribution in [0.3, 0.4) is 0 Å². The van der Waals surface area contributed by atoms with Crippen molar-refractivity contribution in [2.45, 2.75) is 25.8 Å². The summed E-state index contributed by atoms with van der Waals surface area (Å²) in [6.07, 6.45) is 2.13. The van der Waals surface area contributed by atoms with Crippen molar-refractivity contribution in [2.24, 2.45) is 0 Å². The van der Waals surface area contributed by atoms with Gasteiger partial charge in [-0.25, -0.2) is 4.79 Å². The number of hydrogen-bond acceptors (Lipinski definition) is 2. The molecular formula is C17H17NO2. The molecule has 102 valence electrons. The van der Waals surface area contributed by atoms with Crippen molar-refractivity contribution in [3.63, 3.8) is 0 Å². The minimum atomic E-state index is -0.877. The van der Waals surface area contributed by atoms with Gasteiger partial charge in [-0.2, -0.15) is 0 Å². The first-order valence-electron chi connectivity index (χ1n) is 6.84. The summed E-state index contributed by atoms with van der Waals surface area (Å²) in [4.78, 5) is 11.2. The van der Waals surface area contributed by atoms with E-state index < -0.39 is 5.97 Å². The topological polar surface area (TPSA) is 49.3 Å². The van der Waals surface area contributed by atoms with Crippen molar-refractivity contribution in [2.75, 3.05) is 5.32 Å². The molecular weight excluding hydrogens is 250 g/mol. The molecule has 3 nitrogen and oxygen atoms in total. The fraction of sp³-hybridized carbons (Fsp3) is 0.235. The number of nitrogens with one attached hydrogen (secondary N) is 1. The lowest BCUT2D eigenvalue weighted by molar-refractivity contribution is 0.0696. The van der Waals surface area contributed by atoms with Crippen molar-refractivity contribution in [1.82, 2.24) is 0 Å². The van der Waals surface area contributed by atoms with Crippen LogP contribution in [-0.2, 0) is 6.42 Å². The van der Waals surface area contributed by atoms with Gasteiger partial charge >= 0.3 is 5.97 Å². The Bertz CT molecular complexity index is 664. The number of fused-ring (bicyclic) bond motifs is 1. The highest BCUT2D eigenvalue weighted by Crippen LogP contribution is 2.34. The van der Waals surface area contributed by atoms with Crippen LogP contribution in [0.25, 0.3) is 0 Å². The Labute approximate surface area is 118 Å². The molecule has 0 radical (unpaired) electrons. The maximum atomic E-state index is 11.2. The summed E-state index contributed by atoms with van der Waals surface area (Å²) in [6.45, 7) is 1.85. The number of benzene rings is 2. The zero-order valence-corrected chi connectivity index (χ0v) is 11.4. The molecule has 0 spiro atoms. The SMILES string of the molecule is Cc1c(NC2CCc3ccccc32)cccc1C(=O)O. The van der Waals surface area contributed by atoms with Crippen LogP contribution in [0.15, 0.2) is 42.5 Å². The lowest BCUT2D eigenvalue weighted by atomic mass is 10.0. The smallest absolute Gasteiger partial charge is 0.336 e. The van der Waals surface area contributed by atoms with Gasteiger partial charge in [-0.1, -0.05) is 30.3 Å². The van der Waals surface area contributed by atoms with Crippen LogP contribution in [0.2, 0.25) is 0 Å². The molecule has 1 unspecified atom stereocenters. The fourth-order valence-electron chi connectivity index (χ4n) is 2.92. The summed E-state index contributed by atoms with van der Waals surface area (Å²) in [5.41, 5.74) is 4.78. The Morgan fingerprint density at radius 2 is 2.00 bits per heavy atom. The first-order chi connectivity index (χ1) is 9.66. The van der Waals surface area contributed by atoms with Gasteiger partial charge in [0.05, 0.1) is 11.6 Å². The standard InChI is InChI=1S/C17H17NO2/c1-11-13(17(19)20)7-4-8-15(11)18-16-10-9-12-5-2-3-6-14(12)16/h2-8,16,18H,9-10H2,1H3,(H,19,20). The van der Waals surface area contributed by atoms with Crippen molar-refractivity contribution in [3.05, 3.63) is 64.7 Å². The fourth-order valence-corrected chi connectivity index (χ4v) is 2.92. The van der Waals surface area contributed by atoms with Gasteiger partial charge in [0.1, 0.15) is 0 Å². The van der Waals surface area contributed by atoms with Crippen LogP contribution in [0.4, 0.5) is 5.69 Å². The van der Waals surface area contributed by atoms with E-state index in [1.165, 1.54) is 11.1 Å². The summed E-state index contributed by atoms with van der Waals surface area (Å²) >= 11 is 0. The predicted molar refractivity (Wildman–Crippen MR) is 79.3 cm³/mol. The molecule has 0 bridgehead atoms. The molecule has 0 aliphatic heterocycles. The molecule has 0 saturated heterocycles. The third-order valence-electron chi connectivity index (χ3n) is 4.03. The molecule has 3 rings (SSSR count). The monoisotopic (exact) mass is 267 g/mol. The molecule has 2 N–H and O–H groups in total. The minimum absolute atomic E-state index is 0.272. The molecule has 1 atom stereocenters. The van der Waals surface area contributed by atoms with Crippen LogP contribution in [-0.4, -0.2) is 11.1 Å². The molecule has 1 aliphatic rings. The normalized spacial score (nSPS) is 16.8. The molecule has 2 aromatic carbocycles. The summed E-state index contributed by atoms with van der Waals surface area (Å²) in [5, 5.41) is 12.7. The molecule has 2 aromatic rings. The van der Waals surface area contributed by atoms with E-state index in [0.29, 0.717) is 5.56 Å². The molecule has 20 heavy (non-hydrogen) atoms. The maximum Gasteiger partial charge on any atom is 0.336 e. The highest BCUT2D eigenvalue weighted by atomic mass is 16.4. The number of carboxylic acid groups (broad SMARTS) is 1. The van der Waals surface area contributed by atoms with E-state index in [4.69, 9.17) is 0 Å². The Balaban J connectivity index is 1.90. The summed E-state index contributed by atoms with van der Waals surface area (Å²) in [7, 11) is 0. The van der Waals surface area contributed by atoms with Gasteiger partial charge in [0, 0.05) is 5.69 Å². The van der Waals surface area contributed by atoms with Gasteiger partial charge in [0.2, 0.25) is 0 Å². The Morgan fingerprint density at radius 1 is 1.20 bits per heavy atom. The molecule has 0 amide bonds. The molecule has 0 saturated carbocycles. The molecule has 3 heteroatoms. The van der Waals surface area contributed by atoms with Crippen molar-refractivity contribution < 1.29 is 9.90 Å². The van der Waals surface area contributed by atoms with E-state index in [9.17, 15) is 9.90 Å². The van der Waals surface area contributed by atoms with E-state index >= 15 is 0 Å². The average molecular weight is 267 g/mol. The number of hydrogen-bond donors (Lipinski definition) is 2.